The summed E-state index contributed by atoms with van der Waals surface area (Å²) in [4.78, 5) is 16.7. The van der Waals surface area contributed by atoms with E-state index in [4.69, 9.17) is 0 Å². The smallest absolute Gasteiger partial charge is 0.251 e. The van der Waals surface area contributed by atoms with Gasteiger partial charge in [0.2, 0.25) is 0 Å². The normalized spacial score (nSPS) is 21.8. The molecule has 0 saturated heterocycles. The number of hydrogen-bond acceptors (Lipinski definition) is 4. The quantitative estimate of drug-likeness (QED) is 0.712. The number of carbonyl (C=O) groups excluding carboxylic acids is 1. The molecule has 3 aromatic rings. The number of aryl methyl sites for hydroxylation is 2. The van der Waals surface area contributed by atoms with Crippen molar-refractivity contribution in [1.82, 2.24) is 24.6 Å². The van der Waals surface area contributed by atoms with Gasteiger partial charge in [-0.1, -0.05) is 0 Å². The van der Waals surface area contributed by atoms with E-state index in [0.717, 1.165) is 30.0 Å². The predicted octanol–water partition coefficient (Wildman–Crippen LogP) is 2.26. The van der Waals surface area contributed by atoms with Gasteiger partial charge in [-0.15, -0.1) is 0 Å². The van der Waals surface area contributed by atoms with E-state index in [1.165, 1.54) is 0 Å². The summed E-state index contributed by atoms with van der Waals surface area (Å²) in [6.45, 7) is 4.77. The first-order valence-electron chi connectivity index (χ1n) is 9.58. The fourth-order valence-electron chi connectivity index (χ4n) is 4.01. The van der Waals surface area contributed by atoms with Gasteiger partial charge in [0.05, 0.1) is 29.9 Å². The Kier molecular flexibility index (Phi) is 5.00. The average Bonchev–Trinajstić information content (AvgIpc) is 3.37. The molecule has 7 nitrogen and oxygen atoms in total. The van der Waals surface area contributed by atoms with Crippen LogP contribution >= 0.6 is 0 Å². The van der Waals surface area contributed by atoms with Crippen LogP contribution in [0.2, 0.25) is 0 Å². The molecular formula is C21H25N5O2. The van der Waals surface area contributed by atoms with Crippen molar-refractivity contribution in [3.05, 3.63) is 66.0 Å². The average molecular weight is 379 g/mol. The molecule has 2 heterocycles. The summed E-state index contributed by atoms with van der Waals surface area (Å²) in [7, 11) is 0. The summed E-state index contributed by atoms with van der Waals surface area (Å²) in [5.41, 5.74) is 3.51. The molecule has 1 saturated carbocycles. The lowest BCUT2D eigenvalue weighted by Gasteiger charge is -2.16. The Morgan fingerprint density at radius 2 is 2.04 bits per heavy atom. The number of nitrogens with zero attached hydrogens (tertiary/aromatic N) is 4. The van der Waals surface area contributed by atoms with Gasteiger partial charge in [-0.25, -0.2) is 9.67 Å². The van der Waals surface area contributed by atoms with E-state index >= 15 is 0 Å². The topological polar surface area (TPSA) is 85.0 Å². The molecule has 1 unspecified atom stereocenters. The summed E-state index contributed by atoms with van der Waals surface area (Å²) in [6.07, 6.45) is 6.37. The Labute approximate surface area is 164 Å². The lowest BCUT2D eigenvalue weighted by Crippen LogP contribution is -2.39. The van der Waals surface area contributed by atoms with E-state index in [-0.39, 0.29) is 11.9 Å². The highest BCUT2D eigenvalue weighted by Crippen LogP contribution is 2.28. The second-order valence-corrected chi connectivity index (χ2v) is 7.63. The molecule has 1 aromatic carbocycles. The fraction of sp³-hybridized carbons (Fsp3) is 0.381. The van der Waals surface area contributed by atoms with Crippen molar-refractivity contribution in [2.45, 2.75) is 45.4 Å². The number of nitrogens with one attached hydrogen (secondary N) is 1. The van der Waals surface area contributed by atoms with Gasteiger partial charge in [-0.05, 0) is 62.9 Å². The number of hydrogen-bond donors (Lipinski definition) is 2. The highest BCUT2D eigenvalue weighted by molar-refractivity contribution is 5.94. The van der Waals surface area contributed by atoms with Gasteiger partial charge < -0.3 is 15.0 Å². The van der Waals surface area contributed by atoms with E-state index in [1.54, 1.807) is 24.7 Å². The molecule has 1 fully saturated rings. The zero-order valence-electron chi connectivity index (χ0n) is 16.1. The van der Waals surface area contributed by atoms with Crippen molar-refractivity contribution in [3.63, 3.8) is 0 Å². The van der Waals surface area contributed by atoms with Gasteiger partial charge in [0, 0.05) is 30.2 Å². The summed E-state index contributed by atoms with van der Waals surface area (Å²) in [5.74, 6) is 0.162. The molecule has 0 radical (unpaired) electrons. The molecule has 2 aromatic heterocycles. The van der Waals surface area contributed by atoms with Crippen LogP contribution in [0.1, 0.15) is 34.6 Å². The Bertz CT molecular complexity index is 946. The fourth-order valence-corrected chi connectivity index (χ4v) is 4.01. The molecular weight excluding hydrogens is 354 g/mol. The molecule has 0 spiro atoms. The number of amides is 1. The lowest BCUT2D eigenvalue weighted by molar-refractivity contribution is 0.0873. The molecule has 2 N–H and O–H groups in total. The minimum Gasteiger partial charge on any atom is -0.391 e. The molecule has 0 bridgehead atoms. The van der Waals surface area contributed by atoms with Gasteiger partial charge >= 0.3 is 0 Å². The monoisotopic (exact) mass is 379 g/mol. The number of rotatable bonds is 5. The highest BCUT2D eigenvalue weighted by Gasteiger charge is 2.34. The summed E-state index contributed by atoms with van der Waals surface area (Å²) < 4.78 is 3.87. The van der Waals surface area contributed by atoms with Crippen molar-refractivity contribution in [1.29, 1.82) is 0 Å². The molecule has 3 atom stereocenters. The Balaban J connectivity index is 1.39. The summed E-state index contributed by atoms with van der Waals surface area (Å²) in [6, 6.07) is 9.17. The maximum Gasteiger partial charge on any atom is 0.251 e. The van der Waals surface area contributed by atoms with Crippen LogP contribution in [0, 0.1) is 19.8 Å². The Hall–Kier alpha value is -2.93. The first-order chi connectivity index (χ1) is 13.5. The number of imidazole rings is 1. The summed E-state index contributed by atoms with van der Waals surface area (Å²) in [5, 5.41) is 17.8. The van der Waals surface area contributed by atoms with E-state index in [9.17, 15) is 9.90 Å². The van der Waals surface area contributed by atoms with E-state index < -0.39 is 6.10 Å². The maximum absolute atomic E-state index is 12.6. The third-order valence-corrected chi connectivity index (χ3v) is 5.35. The molecule has 7 heteroatoms. The Morgan fingerprint density at radius 1 is 1.25 bits per heavy atom. The Morgan fingerprint density at radius 3 is 2.68 bits per heavy atom. The molecule has 0 aliphatic heterocycles. The number of benzene rings is 1. The first kappa shape index (κ1) is 18.4. The minimum atomic E-state index is -0.522. The van der Waals surface area contributed by atoms with Crippen LogP contribution in [-0.4, -0.2) is 42.5 Å². The van der Waals surface area contributed by atoms with Crippen LogP contribution in [0.25, 0.3) is 5.69 Å². The third-order valence-electron chi connectivity index (χ3n) is 5.35. The minimum absolute atomic E-state index is 0.160. The van der Waals surface area contributed by atoms with Gasteiger partial charge in [0.25, 0.3) is 5.91 Å². The van der Waals surface area contributed by atoms with Crippen molar-refractivity contribution < 1.29 is 9.90 Å². The largest absolute Gasteiger partial charge is 0.391 e. The number of aliphatic hydroxyl groups is 1. The standard InChI is InChI=1S/C21H25N5O2/c1-14-9-15(2)26(24-14)18-5-3-17(4-6-18)21(28)23-19-10-16(11-20(19)27)12-25-8-7-22-13-25/h3-9,13,16,19-20,27H,10-12H2,1-2H3,(H,23,28)/t16?,19-,20-/m1/s1. The number of aromatic nitrogens is 4. The number of carbonyl (C=O) groups is 1. The van der Waals surface area contributed by atoms with Crippen LogP contribution in [0.15, 0.2) is 49.1 Å². The second kappa shape index (κ2) is 7.59. The van der Waals surface area contributed by atoms with Crippen LogP contribution in [0.3, 0.4) is 0 Å². The number of aliphatic hydroxyl groups excluding tert-OH is 1. The zero-order valence-corrected chi connectivity index (χ0v) is 16.1. The van der Waals surface area contributed by atoms with Crippen LogP contribution in [0.4, 0.5) is 0 Å². The van der Waals surface area contributed by atoms with Crippen LogP contribution in [-0.2, 0) is 6.54 Å². The first-order valence-corrected chi connectivity index (χ1v) is 9.58. The molecule has 1 amide bonds. The lowest BCUT2D eigenvalue weighted by atomic mass is 10.1. The van der Waals surface area contributed by atoms with Crippen molar-refractivity contribution >= 4 is 5.91 Å². The molecule has 1 aliphatic carbocycles. The highest BCUT2D eigenvalue weighted by atomic mass is 16.3. The SMILES string of the molecule is Cc1cc(C)n(-c2ccc(C(=O)N[C@@H]3CC(Cn4ccnc4)C[C@H]3O)cc2)n1. The molecule has 1 aliphatic rings. The van der Waals surface area contributed by atoms with E-state index in [0.29, 0.717) is 17.9 Å². The van der Waals surface area contributed by atoms with E-state index in [1.807, 2.05) is 47.5 Å². The summed E-state index contributed by atoms with van der Waals surface area (Å²) >= 11 is 0. The van der Waals surface area contributed by atoms with Crippen LogP contribution < -0.4 is 5.32 Å². The maximum atomic E-state index is 12.6. The molecule has 28 heavy (non-hydrogen) atoms. The van der Waals surface area contributed by atoms with Crippen molar-refractivity contribution in [2.24, 2.45) is 5.92 Å². The van der Waals surface area contributed by atoms with Gasteiger partial charge in [0.15, 0.2) is 0 Å². The zero-order chi connectivity index (χ0) is 19.7. The molecule has 4 rings (SSSR count). The predicted molar refractivity (Wildman–Crippen MR) is 105 cm³/mol. The van der Waals surface area contributed by atoms with E-state index in [2.05, 4.69) is 15.4 Å². The van der Waals surface area contributed by atoms with Gasteiger partial charge in [0.1, 0.15) is 0 Å². The van der Waals surface area contributed by atoms with Crippen molar-refractivity contribution in [2.75, 3.05) is 0 Å². The van der Waals surface area contributed by atoms with Crippen LogP contribution in [0.5, 0.6) is 0 Å². The van der Waals surface area contributed by atoms with Gasteiger partial charge in [-0.2, -0.15) is 5.10 Å². The van der Waals surface area contributed by atoms with Crippen molar-refractivity contribution in [3.8, 4) is 5.69 Å². The van der Waals surface area contributed by atoms with Gasteiger partial charge in [-0.3, -0.25) is 4.79 Å². The second-order valence-electron chi connectivity index (χ2n) is 7.63. The molecule has 146 valence electrons. The third kappa shape index (κ3) is 3.84.